The van der Waals surface area contributed by atoms with E-state index >= 15 is 0 Å². The van der Waals surface area contributed by atoms with Gasteiger partial charge < -0.3 is 24.4 Å². The Morgan fingerprint density at radius 3 is 2.80 bits per heavy atom. The molecular formula is C21H23FN4O4. The monoisotopic (exact) mass is 414 g/mol. The first-order valence-electron chi connectivity index (χ1n) is 9.89. The Morgan fingerprint density at radius 2 is 2.03 bits per heavy atom. The van der Waals surface area contributed by atoms with E-state index in [0.717, 1.165) is 0 Å². The number of nitrogens with one attached hydrogen (secondary N) is 1. The molecule has 1 aromatic heterocycles. The summed E-state index contributed by atoms with van der Waals surface area (Å²) in [5.41, 5.74) is 0.636. The number of benzene rings is 1. The van der Waals surface area contributed by atoms with Gasteiger partial charge in [-0.25, -0.2) is 9.18 Å². The molecule has 30 heavy (non-hydrogen) atoms. The standard InChI is InChI=1S/C21H23FN4O4/c22-16-4-1-3-15(11-16)13-25-14-19(27)26-9-8-24(7-6-18(26)20(25)28)21(29)23-12-17-5-2-10-30-17/h1-5,10-11,18H,6-9,12-14H2,(H,23,29). The van der Waals surface area contributed by atoms with E-state index in [1.807, 2.05) is 0 Å². The maximum absolute atomic E-state index is 13.5. The van der Waals surface area contributed by atoms with Crippen molar-refractivity contribution in [2.24, 2.45) is 0 Å². The van der Waals surface area contributed by atoms with Crippen LogP contribution in [0.3, 0.4) is 0 Å². The zero-order valence-corrected chi connectivity index (χ0v) is 16.4. The molecule has 1 atom stereocenters. The van der Waals surface area contributed by atoms with Gasteiger partial charge in [0.2, 0.25) is 11.8 Å². The van der Waals surface area contributed by atoms with Crippen LogP contribution in [0, 0.1) is 5.82 Å². The second kappa shape index (κ2) is 8.56. The fourth-order valence-corrected chi connectivity index (χ4v) is 3.91. The van der Waals surface area contributed by atoms with Crippen molar-refractivity contribution < 1.29 is 23.2 Å². The van der Waals surface area contributed by atoms with Crippen LogP contribution in [-0.2, 0) is 22.7 Å². The summed E-state index contributed by atoms with van der Waals surface area (Å²) in [5.74, 6) is -0.0601. The van der Waals surface area contributed by atoms with Gasteiger partial charge in [0.15, 0.2) is 0 Å². The molecule has 9 heteroatoms. The Balaban J connectivity index is 1.39. The first-order chi connectivity index (χ1) is 14.5. The third-order valence-electron chi connectivity index (χ3n) is 5.45. The number of halogens is 1. The van der Waals surface area contributed by atoms with Gasteiger partial charge in [0.05, 0.1) is 12.8 Å². The van der Waals surface area contributed by atoms with E-state index in [4.69, 9.17) is 4.42 Å². The average Bonchev–Trinajstić information content (AvgIpc) is 3.14. The summed E-state index contributed by atoms with van der Waals surface area (Å²) in [6.07, 6.45) is 1.90. The van der Waals surface area contributed by atoms with Crippen LogP contribution in [-0.4, -0.2) is 64.8 Å². The molecule has 1 N–H and O–H groups in total. The zero-order chi connectivity index (χ0) is 21.1. The van der Waals surface area contributed by atoms with Gasteiger partial charge >= 0.3 is 6.03 Å². The van der Waals surface area contributed by atoms with Crippen molar-refractivity contribution in [1.29, 1.82) is 0 Å². The lowest BCUT2D eigenvalue weighted by molar-refractivity contribution is -0.156. The molecule has 2 saturated heterocycles. The number of hydrogen-bond donors (Lipinski definition) is 1. The van der Waals surface area contributed by atoms with Crippen LogP contribution in [0.25, 0.3) is 0 Å². The molecule has 0 spiro atoms. The minimum atomic E-state index is -0.609. The topological polar surface area (TPSA) is 86.1 Å². The molecule has 2 fully saturated rings. The summed E-state index contributed by atoms with van der Waals surface area (Å²) in [5, 5.41) is 2.79. The number of nitrogens with zero attached hydrogens (tertiary/aromatic N) is 3. The lowest BCUT2D eigenvalue weighted by Gasteiger charge is -2.39. The number of carbonyl (C=O) groups is 3. The second-order valence-corrected chi connectivity index (χ2v) is 7.44. The van der Waals surface area contributed by atoms with E-state index in [1.165, 1.54) is 23.3 Å². The summed E-state index contributed by atoms with van der Waals surface area (Å²) in [7, 11) is 0. The van der Waals surface area contributed by atoms with Crippen molar-refractivity contribution >= 4 is 17.8 Å². The molecule has 158 valence electrons. The summed E-state index contributed by atoms with van der Waals surface area (Å²) >= 11 is 0. The van der Waals surface area contributed by atoms with E-state index in [2.05, 4.69) is 5.32 Å². The number of rotatable bonds is 4. The summed E-state index contributed by atoms with van der Waals surface area (Å²) in [6.45, 7) is 1.42. The van der Waals surface area contributed by atoms with Crippen molar-refractivity contribution in [3.05, 3.63) is 59.8 Å². The zero-order valence-electron chi connectivity index (χ0n) is 16.4. The van der Waals surface area contributed by atoms with Crippen LogP contribution in [0.5, 0.6) is 0 Å². The third kappa shape index (κ3) is 4.29. The smallest absolute Gasteiger partial charge is 0.317 e. The highest BCUT2D eigenvalue weighted by Crippen LogP contribution is 2.21. The number of piperazine rings is 1. The van der Waals surface area contributed by atoms with Crippen molar-refractivity contribution in [1.82, 2.24) is 20.0 Å². The van der Waals surface area contributed by atoms with Crippen molar-refractivity contribution in [2.75, 3.05) is 26.2 Å². The molecule has 0 aliphatic carbocycles. The highest BCUT2D eigenvalue weighted by molar-refractivity contribution is 5.95. The van der Waals surface area contributed by atoms with Crippen LogP contribution in [0.2, 0.25) is 0 Å². The first-order valence-corrected chi connectivity index (χ1v) is 9.89. The summed E-state index contributed by atoms with van der Waals surface area (Å²) in [4.78, 5) is 42.8. The molecule has 0 saturated carbocycles. The molecule has 0 radical (unpaired) electrons. The fourth-order valence-electron chi connectivity index (χ4n) is 3.91. The van der Waals surface area contributed by atoms with Gasteiger partial charge in [0.25, 0.3) is 0 Å². The van der Waals surface area contributed by atoms with Crippen LogP contribution in [0.4, 0.5) is 9.18 Å². The second-order valence-electron chi connectivity index (χ2n) is 7.44. The molecule has 3 heterocycles. The maximum Gasteiger partial charge on any atom is 0.317 e. The van der Waals surface area contributed by atoms with Crippen molar-refractivity contribution in [3.8, 4) is 0 Å². The average molecular weight is 414 g/mol. The van der Waals surface area contributed by atoms with E-state index < -0.39 is 6.04 Å². The number of amides is 4. The first kappa shape index (κ1) is 19.9. The normalized spacial score (nSPS) is 19.5. The van der Waals surface area contributed by atoms with Crippen LogP contribution < -0.4 is 5.32 Å². The van der Waals surface area contributed by atoms with Crippen molar-refractivity contribution in [3.63, 3.8) is 0 Å². The number of fused-ring (bicyclic) bond motifs is 1. The van der Waals surface area contributed by atoms with E-state index in [9.17, 15) is 18.8 Å². The van der Waals surface area contributed by atoms with Gasteiger partial charge in [-0.15, -0.1) is 0 Å². The van der Waals surface area contributed by atoms with E-state index in [1.54, 1.807) is 34.1 Å². The molecule has 4 rings (SSSR count). The summed E-state index contributed by atoms with van der Waals surface area (Å²) in [6, 6.07) is 8.66. The highest BCUT2D eigenvalue weighted by Gasteiger charge is 2.41. The van der Waals surface area contributed by atoms with E-state index in [0.29, 0.717) is 37.4 Å². The van der Waals surface area contributed by atoms with Gasteiger partial charge in [0, 0.05) is 26.2 Å². The minimum absolute atomic E-state index is 0.0451. The maximum atomic E-state index is 13.5. The van der Waals surface area contributed by atoms with E-state index in [-0.39, 0.29) is 43.3 Å². The van der Waals surface area contributed by atoms with Crippen LogP contribution >= 0.6 is 0 Å². The molecule has 4 amide bonds. The molecule has 2 aliphatic heterocycles. The molecule has 0 bridgehead atoms. The Hall–Kier alpha value is -3.36. The quantitative estimate of drug-likeness (QED) is 0.823. The van der Waals surface area contributed by atoms with Gasteiger partial charge in [-0.1, -0.05) is 12.1 Å². The Kier molecular flexibility index (Phi) is 5.69. The van der Waals surface area contributed by atoms with Gasteiger partial charge in [-0.05, 0) is 36.2 Å². The lowest BCUT2D eigenvalue weighted by atomic mass is 10.1. The van der Waals surface area contributed by atoms with Crippen molar-refractivity contribution in [2.45, 2.75) is 25.6 Å². The molecule has 1 unspecified atom stereocenters. The number of hydrogen-bond acceptors (Lipinski definition) is 4. The Labute approximate surface area is 173 Å². The summed E-state index contributed by atoms with van der Waals surface area (Å²) < 4.78 is 18.7. The molecule has 2 aromatic rings. The third-order valence-corrected chi connectivity index (χ3v) is 5.45. The van der Waals surface area contributed by atoms with Gasteiger partial charge in [-0.3, -0.25) is 9.59 Å². The Morgan fingerprint density at radius 1 is 1.17 bits per heavy atom. The molecule has 1 aromatic carbocycles. The molecular weight excluding hydrogens is 391 g/mol. The largest absolute Gasteiger partial charge is 0.467 e. The fraction of sp³-hybridized carbons (Fsp3) is 0.381. The lowest BCUT2D eigenvalue weighted by Crippen LogP contribution is -2.59. The Bertz CT molecular complexity index is 933. The minimum Gasteiger partial charge on any atom is -0.467 e. The number of urea groups is 1. The highest BCUT2D eigenvalue weighted by atomic mass is 19.1. The number of carbonyl (C=O) groups excluding carboxylic acids is 3. The van der Waals surface area contributed by atoms with Crippen LogP contribution in [0.15, 0.2) is 47.1 Å². The van der Waals surface area contributed by atoms with Gasteiger partial charge in [0.1, 0.15) is 24.2 Å². The molecule has 8 nitrogen and oxygen atoms in total. The predicted octanol–water partition coefficient (Wildman–Crippen LogP) is 1.57. The molecule has 2 aliphatic rings. The SMILES string of the molecule is O=C(NCc1ccco1)N1CCC2C(=O)N(Cc3cccc(F)c3)CC(=O)N2CC1. The van der Waals surface area contributed by atoms with Gasteiger partial charge in [-0.2, -0.15) is 0 Å². The predicted molar refractivity (Wildman–Crippen MR) is 104 cm³/mol. The van der Waals surface area contributed by atoms with Crippen LogP contribution in [0.1, 0.15) is 17.7 Å². The number of furan rings is 1.